The van der Waals surface area contributed by atoms with Crippen LogP contribution >= 0.6 is 0 Å². The van der Waals surface area contributed by atoms with Gasteiger partial charge in [-0.05, 0) is 42.7 Å². The molecule has 0 heterocycles. The van der Waals surface area contributed by atoms with Crippen molar-refractivity contribution in [3.05, 3.63) is 65.2 Å². The number of anilines is 1. The predicted octanol–water partition coefficient (Wildman–Crippen LogP) is 4.13. The molecule has 0 fully saturated rings. The minimum atomic E-state index is -4.54. The van der Waals surface area contributed by atoms with E-state index < -0.39 is 17.6 Å². The van der Waals surface area contributed by atoms with Crippen LogP contribution in [-0.2, 0) is 12.6 Å². The number of nitrogens with one attached hydrogen (secondary N) is 1. The molecule has 1 N–H and O–H groups in total. The first kappa shape index (κ1) is 18.8. The highest BCUT2D eigenvalue weighted by atomic mass is 19.4. The summed E-state index contributed by atoms with van der Waals surface area (Å²) in [6.07, 6.45) is -3.14. The monoisotopic (exact) mass is 350 g/mol. The third-order valence-electron chi connectivity index (χ3n) is 3.86. The van der Waals surface area contributed by atoms with Crippen molar-refractivity contribution < 1.29 is 18.0 Å². The van der Waals surface area contributed by atoms with E-state index in [4.69, 9.17) is 0 Å². The van der Waals surface area contributed by atoms with Crippen molar-refractivity contribution in [2.75, 3.05) is 25.5 Å². The van der Waals surface area contributed by atoms with Gasteiger partial charge in [0, 0.05) is 26.3 Å². The number of carbonyl (C=O) groups excluding carboxylic acids is 1. The quantitative estimate of drug-likeness (QED) is 0.795. The summed E-state index contributed by atoms with van der Waals surface area (Å²) in [5, 5.41) is 2.56. The average Bonchev–Trinajstić information content (AvgIpc) is 2.58. The molecule has 0 radical (unpaired) electrons. The van der Waals surface area contributed by atoms with Crippen LogP contribution < -0.4 is 10.2 Å². The maximum Gasteiger partial charge on any atom is 0.417 e. The first-order valence-corrected chi connectivity index (χ1v) is 7.99. The van der Waals surface area contributed by atoms with Crippen molar-refractivity contribution in [3.63, 3.8) is 0 Å². The molecule has 134 valence electrons. The molecule has 2 aromatic carbocycles. The lowest BCUT2D eigenvalue weighted by Gasteiger charge is -2.13. The van der Waals surface area contributed by atoms with Crippen molar-refractivity contribution in [2.45, 2.75) is 19.0 Å². The molecule has 1 amide bonds. The molecule has 0 aliphatic heterocycles. The summed E-state index contributed by atoms with van der Waals surface area (Å²) in [7, 11) is 3.92. The fourth-order valence-corrected chi connectivity index (χ4v) is 2.48. The Morgan fingerprint density at radius 1 is 1.04 bits per heavy atom. The van der Waals surface area contributed by atoms with Crippen molar-refractivity contribution in [1.82, 2.24) is 5.32 Å². The molecule has 0 saturated heterocycles. The largest absolute Gasteiger partial charge is 0.417 e. The fraction of sp³-hybridized carbons (Fsp3) is 0.316. The lowest BCUT2D eigenvalue weighted by molar-refractivity contribution is -0.137. The minimum Gasteiger partial charge on any atom is -0.378 e. The van der Waals surface area contributed by atoms with Crippen LogP contribution in [0.1, 0.15) is 27.9 Å². The van der Waals surface area contributed by atoms with Crippen LogP contribution in [0.4, 0.5) is 18.9 Å². The van der Waals surface area contributed by atoms with Crippen LogP contribution in [0.2, 0.25) is 0 Å². The Kier molecular flexibility index (Phi) is 6.07. The van der Waals surface area contributed by atoms with E-state index in [2.05, 4.69) is 5.32 Å². The fourth-order valence-electron chi connectivity index (χ4n) is 2.48. The second-order valence-corrected chi connectivity index (χ2v) is 5.96. The highest BCUT2D eigenvalue weighted by Crippen LogP contribution is 2.31. The molecule has 25 heavy (non-hydrogen) atoms. The number of nitrogens with zero attached hydrogens (tertiary/aromatic N) is 1. The molecular weight excluding hydrogens is 329 g/mol. The maximum atomic E-state index is 12.9. The third-order valence-corrected chi connectivity index (χ3v) is 3.86. The Morgan fingerprint density at radius 3 is 2.28 bits per heavy atom. The SMILES string of the molecule is CN(C)c1ccc(CCCNC(=O)c2ccccc2C(F)(F)F)cc1. The van der Waals surface area contributed by atoms with Crippen LogP contribution in [0.25, 0.3) is 0 Å². The number of alkyl halides is 3. The summed E-state index contributed by atoms with van der Waals surface area (Å²) in [4.78, 5) is 14.0. The van der Waals surface area contributed by atoms with E-state index in [-0.39, 0.29) is 5.56 Å². The van der Waals surface area contributed by atoms with Crippen molar-refractivity contribution in [2.24, 2.45) is 0 Å². The average molecular weight is 350 g/mol. The first-order chi connectivity index (χ1) is 11.8. The molecular formula is C19H21F3N2O. The summed E-state index contributed by atoms with van der Waals surface area (Å²) >= 11 is 0. The molecule has 0 spiro atoms. The molecule has 0 aliphatic carbocycles. The van der Waals surface area contributed by atoms with Gasteiger partial charge in [-0.15, -0.1) is 0 Å². The molecule has 6 heteroatoms. The highest BCUT2D eigenvalue weighted by molar-refractivity contribution is 5.95. The van der Waals surface area contributed by atoms with Gasteiger partial charge in [-0.25, -0.2) is 0 Å². The molecule has 2 aromatic rings. The molecule has 0 aromatic heterocycles. The second kappa shape index (κ2) is 8.05. The van der Waals surface area contributed by atoms with Crippen molar-refractivity contribution in [3.8, 4) is 0 Å². The topological polar surface area (TPSA) is 32.3 Å². The lowest BCUT2D eigenvalue weighted by atomic mass is 10.1. The number of carbonyl (C=O) groups is 1. The number of benzene rings is 2. The Morgan fingerprint density at radius 2 is 1.68 bits per heavy atom. The van der Waals surface area contributed by atoms with E-state index in [0.717, 1.165) is 23.7 Å². The van der Waals surface area contributed by atoms with Crippen LogP contribution in [0, 0.1) is 0 Å². The molecule has 0 atom stereocenters. The first-order valence-electron chi connectivity index (χ1n) is 7.99. The number of rotatable bonds is 6. The zero-order valence-corrected chi connectivity index (χ0v) is 14.2. The van der Waals surface area contributed by atoms with Crippen LogP contribution in [-0.4, -0.2) is 26.5 Å². The molecule has 0 unspecified atom stereocenters. The summed E-state index contributed by atoms with van der Waals surface area (Å²) in [5.41, 5.74) is 0.966. The lowest BCUT2D eigenvalue weighted by Crippen LogP contribution is -2.27. The van der Waals surface area contributed by atoms with Gasteiger partial charge in [0.1, 0.15) is 0 Å². The maximum absolute atomic E-state index is 12.9. The zero-order chi connectivity index (χ0) is 18.4. The smallest absolute Gasteiger partial charge is 0.378 e. The number of amides is 1. The third kappa shape index (κ3) is 5.24. The van der Waals surface area contributed by atoms with Crippen LogP contribution in [0.5, 0.6) is 0 Å². The molecule has 3 nitrogen and oxygen atoms in total. The van der Waals surface area contributed by atoms with Gasteiger partial charge in [0.05, 0.1) is 11.1 Å². The van der Waals surface area contributed by atoms with Gasteiger partial charge in [-0.3, -0.25) is 4.79 Å². The van der Waals surface area contributed by atoms with E-state index in [0.29, 0.717) is 13.0 Å². The van der Waals surface area contributed by atoms with E-state index in [1.54, 1.807) is 0 Å². The number of hydrogen-bond donors (Lipinski definition) is 1. The normalized spacial score (nSPS) is 11.2. The molecule has 2 rings (SSSR count). The van der Waals surface area contributed by atoms with Gasteiger partial charge in [0.15, 0.2) is 0 Å². The van der Waals surface area contributed by atoms with E-state index in [1.807, 2.05) is 43.3 Å². The van der Waals surface area contributed by atoms with Gasteiger partial charge in [-0.1, -0.05) is 24.3 Å². The standard InChI is InChI=1S/C19H21F3N2O/c1-24(2)15-11-9-14(10-12-15)6-5-13-23-18(25)16-7-3-4-8-17(16)19(20,21)22/h3-4,7-12H,5-6,13H2,1-2H3,(H,23,25). The second-order valence-electron chi connectivity index (χ2n) is 5.96. The number of halogens is 3. The summed E-state index contributed by atoms with van der Waals surface area (Å²) in [5.74, 6) is -0.698. The van der Waals surface area contributed by atoms with E-state index >= 15 is 0 Å². The summed E-state index contributed by atoms with van der Waals surface area (Å²) in [6, 6.07) is 12.8. The Labute approximate surface area is 145 Å². The van der Waals surface area contributed by atoms with Gasteiger partial charge >= 0.3 is 6.18 Å². The Balaban J connectivity index is 1.87. The molecule has 0 bridgehead atoms. The summed E-state index contributed by atoms with van der Waals surface area (Å²) < 4.78 is 38.8. The Bertz CT molecular complexity index is 709. The van der Waals surface area contributed by atoms with Gasteiger partial charge in [0.25, 0.3) is 5.91 Å². The Hall–Kier alpha value is -2.50. The van der Waals surface area contributed by atoms with Crippen molar-refractivity contribution >= 4 is 11.6 Å². The number of aryl methyl sites for hydroxylation is 1. The van der Waals surface area contributed by atoms with Crippen LogP contribution in [0.15, 0.2) is 48.5 Å². The molecule has 0 saturated carbocycles. The van der Waals surface area contributed by atoms with Gasteiger partial charge in [-0.2, -0.15) is 13.2 Å². The molecule has 0 aliphatic rings. The number of hydrogen-bond acceptors (Lipinski definition) is 2. The predicted molar refractivity (Wildman–Crippen MR) is 92.9 cm³/mol. The van der Waals surface area contributed by atoms with Gasteiger partial charge < -0.3 is 10.2 Å². The highest BCUT2D eigenvalue weighted by Gasteiger charge is 2.34. The van der Waals surface area contributed by atoms with Crippen molar-refractivity contribution in [1.29, 1.82) is 0 Å². The van der Waals surface area contributed by atoms with E-state index in [9.17, 15) is 18.0 Å². The van der Waals surface area contributed by atoms with Crippen LogP contribution in [0.3, 0.4) is 0 Å². The van der Waals surface area contributed by atoms with E-state index in [1.165, 1.54) is 18.2 Å². The minimum absolute atomic E-state index is 0.320. The van der Waals surface area contributed by atoms with Gasteiger partial charge in [0.2, 0.25) is 0 Å². The summed E-state index contributed by atoms with van der Waals surface area (Å²) in [6.45, 7) is 0.320. The zero-order valence-electron chi connectivity index (χ0n) is 14.2.